The summed E-state index contributed by atoms with van der Waals surface area (Å²) in [5.41, 5.74) is 2.82. The highest BCUT2D eigenvalue weighted by Gasteiger charge is 2.34. The predicted molar refractivity (Wildman–Crippen MR) is 225 cm³/mol. The van der Waals surface area contributed by atoms with Gasteiger partial charge in [-0.2, -0.15) is 0 Å². The van der Waals surface area contributed by atoms with Crippen LogP contribution in [0.15, 0.2) is 91.0 Å². The van der Waals surface area contributed by atoms with Crippen LogP contribution >= 0.6 is 0 Å². The van der Waals surface area contributed by atoms with E-state index in [0.717, 1.165) is 51.0 Å². The Kier molecular flexibility index (Phi) is 18.9. The number of carbonyl (C=O) groups is 6. The minimum Gasteiger partial charge on any atom is -0.481 e. The van der Waals surface area contributed by atoms with Gasteiger partial charge in [0, 0.05) is 51.4 Å². The Bertz CT molecular complexity index is 1800. The molecule has 0 radical (unpaired) electrons. The minimum absolute atomic E-state index is 0.0970. The molecule has 3 aliphatic rings. The van der Waals surface area contributed by atoms with Gasteiger partial charge in [-0.05, 0) is 81.3 Å². The van der Waals surface area contributed by atoms with Crippen LogP contribution in [0, 0.1) is 17.8 Å². The predicted octanol–water partition coefficient (Wildman–Crippen LogP) is 6.56. The van der Waals surface area contributed by atoms with Gasteiger partial charge in [0.1, 0.15) is 0 Å². The van der Waals surface area contributed by atoms with E-state index in [2.05, 4.69) is 39.2 Å². The van der Waals surface area contributed by atoms with E-state index < -0.39 is 30.0 Å². The molecule has 3 aromatic carbocycles. The molecule has 0 aromatic heterocycles. The number of nitrogens with one attached hydrogen (secondary N) is 1. The van der Waals surface area contributed by atoms with Gasteiger partial charge >= 0.3 is 18.2 Å². The van der Waals surface area contributed by atoms with Gasteiger partial charge in [-0.3, -0.25) is 24.1 Å². The number of aliphatic carboxylic acids is 1. The highest BCUT2D eigenvalue weighted by Crippen LogP contribution is 2.24. The van der Waals surface area contributed by atoms with E-state index in [-0.39, 0.29) is 43.1 Å². The molecule has 0 saturated carbocycles. The lowest BCUT2D eigenvalue weighted by atomic mass is 9.96. The van der Waals surface area contributed by atoms with Crippen LogP contribution in [0.4, 0.5) is 21.0 Å². The first-order valence-electron chi connectivity index (χ1n) is 20.5. The smallest absolute Gasteiger partial charge is 0.409 e. The third kappa shape index (κ3) is 14.5. The fourth-order valence-corrected chi connectivity index (χ4v) is 7.43. The van der Waals surface area contributed by atoms with Crippen molar-refractivity contribution in [2.45, 2.75) is 58.3 Å². The Balaban J connectivity index is 0.000000204. The first kappa shape index (κ1) is 45.9. The lowest BCUT2D eigenvalue weighted by Gasteiger charge is -2.33. The summed E-state index contributed by atoms with van der Waals surface area (Å²) in [5.74, 6) is -1.91. The summed E-state index contributed by atoms with van der Waals surface area (Å²) in [6.45, 7) is 6.44. The molecule has 5 amide bonds. The van der Waals surface area contributed by atoms with E-state index in [9.17, 15) is 28.8 Å². The average molecular weight is 814 g/mol. The number of carboxylic acids is 1. The zero-order valence-electron chi connectivity index (χ0n) is 34.5. The van der Waals surface area contributed by atoms with Crippen molar-refractivity contribution in [3.63, 3.8) is 0 Å². The number of imide groups is 1. The second kappa shape index (κ2) is 24.2. The molecule has 14 heteroatoms. The van der Waals surface area contributed by atoms with Crippen molar-refractivity contribution in [1.29, 1.82) is 0 Å². The molecule has 3 atom stereocenters. The van der Waals surface area contributed by atoms with Crippen molar-refractivity contribution in [2.24, 2.45) is 17.8 Å². The molecule has 59 heavy (non-hydrogen) atoms. The number of piperidine rings is 3. The molecule has 0 bridgehead atoms. The standard InChI is InChI=1S/C20H24N2O.C17H22N2O4.C8H13NO4/c23-20(21-19-11-5-2-6-12-19)18-10-7-14-22(16-18)15-13-17-8-3-1-4-9-17;1-3-15(20)19(14-9-5-4-6-10-14)16(21)13-8-7-11-18(12-13)17(22)23-2;1-13-8(12)9-4-2-3-6(5-9)7(10)11/h1-6,8-9,11-12,18H,7,10,13-16H2,(H,21,23);4-6,9-10,13H,3,7-8,11-12H2,1-2H3;6H,2-5H2,1H3,(H,10,11). The molecular formula is C45H59N5O9. The van der Waals surface area contributed by atoms with Gasteiger partial charge in [-0.25, -0.2) is 9.59 Å². The molecule has 3 aliphatic heterocycles. The molecular weight excluding hydrogens is 755 g/mol. The normalized spacial score (nSPS) is 19.0. The van der Waals surface area contributed by atoms with Crippen LogP contribution < -0.4 is 10.2 Å². The van der Waals surface area contributed by atoms with Crippen LogP contribution in [-0.4, -0.2) is 116 Å². The molecule has 3 heterocycles. The fourth-order valence-electron chi connectivity index (χ4n) is 7.43. The van der Waals surface area contributed by atoms with E-state index in [1.807, 2.05) is 42.5 Å². The van der Waals surface area contributed by atoms with Crippen LogP contribution in [0.2, 0.25) is 0 Å². The molecule has 6 rings (SSSR count). The van der Waals surface area contributed by atoms with Crippen LogP contribution in [0.25, 0.3) is 0 Å². The summed E-state index contributed by atoms with van der Waals surface area (Å²) < 4.78 is 9.24. The Morgan fingerprint density at radius 3 is 1.75 bits per heavy atom. The van der Waals surface area contributed by atoms with Crippen molar-refractivity contribution in [3.05, 3.63) is 96.6 Å². The largest absolute Gasteiger partial charge is 0.481 e. The van der Waals surface area contributed by atoms with E-state index in [1.165, 1.54) is 34.5 Å². The quantitative estimate of drug-likeness (QED) is 0.242. The number of amides is 5. The number of hydrogen-bond donors (Lipinski definition) is 2. The highest BCUT2D eigenvalue weighted by molar-refractivity contribution is 6.15. The summed E-state index contributed by atoms with van der Waals surface area (Å²) in [6.07, 6.45) is 5.25. The second-order valence-corrected chi connectivity index (χ2v) is 14.8. The molecule has 3 fully saturated rings. The van der Waals surface area contributed by atoms with Crippen molar-refractivity contribution in [3.8, 4) is 0 Å². The number of para-hydroxylation sites is 2. The number of rotatable bonds is 9. The number of likely N-dealkylation sites (tertiary alicyclic amines) is 3. The van der Waals surface area contributed by atoms with E-state index >= 15 is 0 Å². The van der Waals surface area contributed by atoms with Gasteiger partial charge in [0.15, 0.2) is 0 Å². The number of methoxy groups -OCH3 is 2. The SMILES string of the molecule is CCC(=O)N(C(=O)C1CCCN(C(=O)OC)C1)c1ccccc1.COC(=O)N1CCCC(C(=O)O)C1.O=C(Nc1ccccc1)C1CCCN(CCc2ccccc2)C1. The second-order valence-electron chi connectivity index (χ2n) is 14.8. The Morgan fingerprint density at radius 1 is 0.678 bits per heavy atom. The zero-order chi connectivity index (χ0) is 42.6. The number of nitrogens with zero attached hydrogens (tertiary/aromatic N) is 4. The Morgan fingerprint density at radius 2 is 1.19 bits per heavy atom. The van der Waals surface area contributed by atoms with Gasteiger partial charge < -0.3 is 34.6 Å². The maximum Gasteiger partial charge on any atom is 0.409 e. The highest BCUT2D eigenvalue weighted by atomic mass is 16.5. The van der Waals surface area contributed by atoms with Crippen molar-refractivity contribution in [2.75, 3.05) is 70.2 Å². The topological polar surface area (TPSA) is 166 Å². The molecule has 3 aromatic rings. The summed E-state index contributed by atoms with van der Waals surface area (Å²) in [7, 11) is 2.62. The molecule has 3 unspecified atom stereocenters. The number of anilines is 2. The summed E-state index contributed by atoms with van der Waals surface area (Å²) in [4.78, 5) is 77.6. The molecule has 0 aliphatic carbocycles. The van der Waals surface area contributed by atoms with Crippen LogP contribution in [0.1, 0.15) is 57.4 Å². The molecule has 0 spiro atoms. The first-order valence-corrected chi connectivity index (χ1v) is 20.5. The monoisotopic (exact) mass is 813 g/mol. The molecule has 3 saturated heterocycles. The van der Waals surface area contributed by atoms with Gasteiger partial charge in [0.2, 0.25) is 17.7 Å². The number of carbonyl (C=O) groups excluding carboxylic acids is 5. The van der Waals surface area contributed by atoms with Gasteiger partial charge in [0.25, 0.3) is 0 Å². The maximum atomic E-state index is 12.9. The summed E-state index contributed by atoms with van der Waals surface area (Å²) in [5, 5.41) is 11.8. The van der Waals surface area contributed by atoms with E-state index in [4.69, 9.17) is 9.84 Å². The Hall–Kier alpha value is -5.76. The number of carboxylic acid groups (broad SMARTS) is 1. The van der Waals surface area contributed by atoms with E-state index in [0.29, 0.717) is 38.0 Å². The molecule has 2 N–H and O–H groups in total. The van der Waals surface area contributed by atoms with Gasteiger partial charge in [-0.1, -0.05) is 73.7 Å². The Labute approximate surface area is 347 Å². The van der Waals surface area contributed by atoms with Crippen LogP contribution in [-0.2, 0) is 35.1 Å². The van der Waals surface area contributed by atoms with Gasteiger partial charge in [0.05, 0.1) is 37.7 Å². The minimum atomic E-state index is -0.839. The first-order chi connectivity index (χ1) is 28.5. The van der Waals surface area contributed by atoms with Gasteiger partial charge in [-0.15, -0.1) is 0 Å². The maximum absolute atomic E-state index is 12.9. The molecule has 14 nitrogen and oxygen atoms in total. The fraction of sp³-hybridized carbons (Fsp3) is 0.467. The number of benzene rings is 3. The van der Waals surface area contributed by atoms with E-state index in [1.54, 1.807) is 31.2 Å². The third-order valence-corrected chi connectivity index (χ3v) is 10.7. The van der Waals surface area contributed by atoms with Crippen molar-refractivity contribution in [1.82, 2.24) is 14.7 Å². The average Bonchev–Trinajstić information content (AvgIpc) is 3.29. The summed E-state index contributed by atoms with van der Waals surface area (Å²) >= 11 is 0. The number of hydrogen-bond acceptors (Lipinski definition) is 9. The summed E-state index contributed by atoms with van der Waals surface area (Å²) in [6, 6.07) is 29.2. The lowest BCUT2D eigenvalue weighted by molar-refractivity contribution is -0.143. The third-order valence-electron chi connectivity index (χ3n) is 10.7. The molecule has 318 valence electrons. The van der Waals surface area contributed by atoms with Crippen molar-refractivity contribution >= 4 is 47.3 Å². The van der Waals surface area contributed by atoms with Crippen molar-refractivity contribution < 1.29 is 43.3 Å². The van der Waals surface area contributed by atoms with Crippen LogP contribution in [0.3, 0.4) is 0 Å². The number of ether oxygens (including phenoxy) is 2. The lowest BCUT2D eigenvalue weighted by Crippen LogP contribution is -2.48. The zero-order valence-corrected chi connectivity index (χ0v) is 34.5. The van der Waals surface area contributed by atoms with Crippen LogP contribution in [0.5, 0.6) is 0 Å².